The van der Waals surface area contributed by atoms with E-state index < -0.39 is 0 Å². The lowest BCUT2D eigenvalue weighted by Gasteiger charge is -2.11. The van der Waals surface area contributed by atoms with Gasteiger partial charge in [-0.15, -0.1) is 0 Å². The van der Waals surface area contributed by atoms with Crippen LogP contribution < -0.4 is 10.6 Å². The zero-order valence-corrected chi connectivity index (χ0v) is 11.8. The maximum Gasteiger partial charge on any atom is 0.135 e. The fourth-order valence-electron chi connectivity index (χ4n) is 2.46. The fraction of sp³-hybridized carbons (Fsp3) is 0.400. The number of aryl methyl sites for hydroxylation is 2. The Morgan fingerprint density at radius 2 is 2.00 bits per heavy atom. The topological polar surface area (TPSA) is 62.7 Å². The molecule has 0 unspecified atom stereocenters. The zero-order valence-electron chi connectivity index (χ0n) is 11.8. The second-order valence-corrected chi connectivity index (χ2v) is 5.23. The van der Waals surface area contributed by atoms with E-state index in [1.165, 1.54) is 0 Å². The van der Waals surface area contributed by atoms with Crippen LogP contribution >= 0.6 is 0 Å². The van der Waals surface area contributed by atoms with Crippen LogP contribution in [0, 0.1) is 13.8 Å². The van der Waals surface area contributed by atoms with Crippen molar-refractivity contribution in [2.24, 2.45) is 0 Å². The fourth-order valence-corrected chi connectivity index (χ4v) is 2.46. The van der Waals surface area contributed by atoms with Gasteiger partial charge in [-0.05, 0) is 38.9 Å². The van der Waals surface area contributed by atoms with Crippen molar-refractivity contribution in [3.63, 3.8) is 0 Å². The maximum atomic E-state index is 4.64. The van der Waals surface area contributed by atoms with Gasteiger partial charge in [0.05, 0.1) is 0 Å². The van der Waals surface area contributed by atoms with Crippen LogP contribution in [0.25, 0.3) is 0 Å². The number of hydrogen-bond acceptors (Lipinski definition) is 5. The Hall–Kier alpha value is -2.01. The van der Waals surface area contributed by atoms with Gasteiger partial charge in [0.25, 0.3) is 0 Å². The molecule has 104 valence electrons. The Kier molecular flexibility index (Phi) is 3.60. The summed E-state index contributed by atoms with van der Waals surface area (Å²) in [7, 11) is 0. The Labute approximate surface area is 118 Å². The largest absolute Gasteiger partial charge is 0.325 e. The molecule has 0 aliphatic carbocycles. The van der Waals surface area contributed by atoms with Crippen LogP contribution in [0.15, 0.2) is 24.3 Å². The first-order valence-corrected chi connectivity index (χ1v) is 6.98. The average Bonchev–Trinajstić information content (AvgIpc) is 2.91. The molecular weight excluding hydrogens is 250 g/mol. The highest BCUT2D eigenvalue weighted by molar-refractivity contribution is 5.52. The number of rotatable bonds is 3. The predicted molar refractivity (Wildman–Crippen MR) is 79.3 cm³/mol. The van der Waals surface area contributed by atoms with Gasteiger partial charge in [0.15, 0.2) is 0 Å². The number of aromatic nitrogens is 3. The minimum absolute atomic E-state index is 0.418. The summed E-state index contributed by atoms with van der Waals surface area (Å²) < 4.78 is 0. The van der Waals surface area contributed by atoms with Crippen molar-refractivity contribution < 1.29 is 0 Å². The normalized spacial score (nSPS) is 18.2. The molecule has 1 atom stereocenters. The summed E-state index contributed by atoms with van der Waals surface area (Å²) in [5.41, 5.74) is 1.97. The number of pyridine rings is 1. The summed E-state index contributed by atoms with van der Waals surface area (Å²) in [6.07, 6.45) is 1.10. The zero-order chi connectivity index (χ0) is 13.9. The van der Waals surface area contributed by atoms with Gasteiger partial charge in [0.2, 0.25) is 0 Å². The molecule has 1 aliphatic heterocycles. The summed E-state index contributed by atoms with van der Waals surface area (Å²) >= 11 is 0. The molecule has 5 heteroatoms. The molecule has 0 saturated carbocycles. The minimum Gasteiger partial charge on any atom is -0.325 e. The van der Waals surface area contributed by atoms with Gasteiger partial charge in [0, 0.05) is 29.9 Å². The van der Waals surface area contributed by atoms with Gasteiger partial charge in [-0.3, -0.25) is 0 Å². The van der Waals surface area contributed by atoms with E-state index in [0.717, 1.165) is 48.4 Å². The molecule has 1 aliphatic rings. The smallest absolute Gasteiger partial charge is 0.135 e. The lowest BCUT2D eigenvalue weighted by Crippen LogP contribution is -2.11. The third-order valence-corrected chi connectivity index (χ3v) is 3.44. The molecule has 2 N–H and O–H groups in total. The molecule has 0 amide bonds. The third kappa shape index (κ3) is 2.93. The second-order valence-electron chi connectivity index (χ2n) is 5.23. The number of nitrogens with zero attached hydrogens (tertiary/aromatic N) is 3. The van der Waals surface area contributed by atoms with E-state index in [2.05, 4.69) is 25.6 Å². The van der Waals surface area contributed by atoms with Crippen LogP contribution in [-0.2, 0) is 0 Å². The van der Waals surface area contributed by atoms with E-state index in [0.29, 0.717) is 5.92 Å². The minimum atomic E-state index is 0.418. The molecule has 2 aromatic rings. The van der Waals surface area contributed by atoms with Crippen molar-refractivity contribution in [1.82, 2.24) is 20.3 Å². The molecule has 0 bridgehead atoms. The van der Waals surface area contributed by atoms with Gasteiger partial charge in [0.1, 0.15) is 17.5 Å². The van der Waals surface area contributed by atoms with E-state index in [1.807, 2.05) is 38.1 Å². The molecule has 3 heterocycles. The third-order valence-electron chi connectivity index (χ3n) is 3.44. The van der Waals surface area contributed by atoms with Gasteiger partial charge < -0.3 is 10.6 Å². The van der Waals surface area contributed by atoms with Crippen LogP contribution in [0.4, 0.5) is 11.6 Å². The molecule has 0 radical (unpaired) electrons. The van der Waals surface area contributed by atoms with Gasteiger partial charge in [-0.2, -0.15) is 0 Å². The molecule has 2 aromatic heterocycles. The summed E-state index contributed by atoms with van der Waals surface area (Å²) in [4.78, 5) is 13.6. The number of hydrogen-bond donors (Lipinski definition) is 2. The molecule has 20 heavy (non-hydrogen) atoms. The van der Waals surface area contributed by atoms with E-state index in [1.54, 1.807) is 0 Å². The lowest BCUT2D eigenvalue weighted by atomic mass is 10.1. The van der Waals surface area contributed by atoms with Crippen LogP contribution in [0.3, 0.4) is 0 Å². The van der Waals surface area contributed by atoms with Gasteiger partial charge in [-0.1, -0.05) is 6.07 Å². The number of nitrogens with one attached hydrogen (secondary N) is 2. The SMILES string of the molecule is Cc1cccc(Nc2cc(C)nc([C@@H]3CCNC3)n2)n1. The van der Waals surface area contributed by atoms with Gasteiger partial charge >= 0.3 is 0 Å². The standard InChI is InChI=1S/C15H19N5/c1-10-4-3-5-13(17-10)19-14-8-11(2)18-15(20-14)12-6-7-16-9-12/h3-5,8,12,16H,6-7,9H2,1-2H3,(H,17,18,19,20)/t12-/m1/s1. The molecule has 5 nitrogen and oxygen atoms in total. The summed E-state index contributed by atoms with van der Waals surface area (Å²) in [6.45, 7) is 5.99. The Morgan fingerprint density at radius 3 is 2.75 bits per heavy atom. The average molecular weight is 269 g/mol. The summed E-state index contributed by atoms with van der Waals surface area (Å²) in [5.74, 6) is 2.97. The second kappa shape index (κ2) is 5.54. The Balaban J connectivity index is 1.85. The van der Waals surface area contributed by atoms with Crippen LogP contribution in [-0.4, -0.2) is 28.0 Å². The summed E-state index contributed by atoms with van der Waals surface area (Å²) in [6, 6.07) is 7.86. The van der Waals surface area contributed by atoms with Crippen molar-refractivity contribution in [2.75, 3.05) is 18.4 Å². The highest BCUT2D eigenvalue weighted by atomic mass is 15.1. The Bertz CT molecular complexity index is 605. The highest BCUT2D eigenvalue weighted by Crippen LogP contribution is 2.22. The quantitative estimate of drug-likeness (QED) is 0.895. The summed E-state index contributed by atoms with van der Waals surface area (Å²) in [5, 5.41) is 6.62. The van der Waals surface area contributed by atoms with Crippen LogP contribution in [0.5, 0.6) is 0 Å². The lowest BCUT2D eigenvalue weighted by molar-refractivity contribution is 0.698. The van der Waals surface area contributed by atoms with Crippen LogP contribution in [0.2, 0.25) is 0 Å². The van der Waals surface area contributed by atoms with Crippen molar-refractivity contribution in [1.29, 1.82) is 0 Å². The van der Waals surface area contributed by atoms with Crippen molar-refractivity contribution >= 4 is 11.6 Å². The van der Waals surface area contributed by atoms with E-state index in [4.69, 9.17) is 0 Å². The Morgan fingerprint density at radius 1 is 1.10 bits per heavy atom. The molecular formula is C15H19N5. The van der Waals surface area contributed by atoms with E-state index in [-0.39, 0.29) is 0 Å². The predicted octanol–water partition coefficient (Wildman–Crippen LogP) is 2.31. The highest BCUT2D eigenvalue weighted by Gasteiger charge is 2.20. The first kappa shape index (κ1) is 13.0. The van der Waals surface area contributed by atoms with E-state index in [9.17, 15) is 0 Å². The first-order valence-electron chi connectivity index (χ1n) is 6.98. The molecule has 1 saturated heterocycles. The van der Waals surface area contributed by atoms with Crippen molar-refractivity contribution in [2.45, 2.75) is 26.2 Å². The monoisotopic (exact) mass is 269 g/mol. The molecule has 3 rings (SSSR count). The van der Waals surface area contributed by atoms with Gasteiger partial charge in [-0.25, -0.2) is 15.0 Å². The van der Waals surface area contributed by atoms with Crippen molar-refractivity contribution in [3.05, 3.63) is 41.5 Å². The van der Waals surface area contributed by atoms with Crippen LogP contribution in [0.1, 0.15) is 29.6 Å². The molecule has 0 aromatic carbocycles. The maximum absolute atomic E-state index is 4.64. The van der Waals surface area contributed by atoms with E-state index >= 15 is 0 Å². The first-order chi connectivity index (χ1) is 9.70. The molecule has 1 fully saturated rings. The number of anilines is 2. The van der Waals surface area contributed by atoms with Crippen molar-refractivity contribution in [3.8, 4) is 0 Å². The molecule has 0 spiro atoms.